The molecule has 0 aliphatic carbocycles. The second-order valence-electron chi connectivity index (χ2n) is 4.51. The van der Waals surface area contributed by atoms with Crippen molar-refractivity contribution >= 4 is 11.6 Å². The van der Waals surface area contributed by atoms with Crippen LogP contribution in [0, 0.1) is 6.92 Å². The highest BCUT2D eigenvalue weighted by Crippen LogP contribution is 2.19. The van der Waals surface area contributed by atoms with E-state index < -0.39 is 0 Å². The van der Waals surface area contributed by atoms with Crippen LogP contribution in [-0.4, -0.2) is 34.0 Å². The van der Waals surface area contributed by atoms with E-state index >= 15 is 0 Å². The van der Waals surface area contributed by atoms with Crippen molar-refractivity contribution in [2.45, 2.75) is 13.8 Å². The molecule has 5 heteroatoms. The van der Waals surface area contributed by atoms with Crippen LogP contribution in [-0.2, 0) is 0 Å². The zero-order valence-corrected chi connectivity index (χ0v) is 11.6. The Balaban J connectivity index is 2.38. The van der Waals surface area contributed by atoms with Gasteiger partial charge in [0.25, 0.3) is 0 Å². The van der Waals surface area contributed by atoms with Crippen LogP contribution in [0.1, 0.15) is 23.0 Å². The van der Waals surface area contributed by atoms with E-state index in [1.165, 1.54) is 6.92 Å². The number of aliphatic hydroxyl groups excluding tert-OH is 1. The number of aromatic nitrogens is 2. The Morgan fingerprint density at radius 2 is 2.10 bits per heavy atom. The fraction of sp³-hybridized carbons (Fsp3) is 0.267. The molecule has 0 unspecified atom stereocenters. The lowest BCUT2D eigenvalue weighted by Crippen LogP contribution is -2.08. The first-order chi connectivity index (χ1) is 9.60. The standard InChI is InChI=1S/C15H17N3O2/c1-10-8-14(16-6-7-19)18-15(17-10)13-5-3-4-12(9-13)11(2)20/h3-5,8-9,19H,6-7H2,1-2H3,(H,16,17,18). The lowest BCUT2D eigenvalue weighted by molar-refractivity contribution is 0.101. The van der Waals surface area contributed by atoms with Gasteiger partial charge in [-0.05, 0) is 19.9 Å². The summed E-state index contributed by atoms with van der Waals surface area (Å²) in [6.07, 6.45) is 0. The third-order valence-corrected chi connectivity index (χ3v) is 2.80. The van der Waals surface area contributed by atoms with Crippen LogP contribution in [0.15, 0.2) is 30.3 Å². The number of aliphatic hydroxyl groups is 1. The van der Waals surface area contributed by atoms with Crippen LogP contribution >= 0.6 is 0 Å². The summed E-state index contributed by atoms with van der Waals surface area (Å²) in [5.74, 6) is 1.24. The highest BCUT2D eigenvalue weighted by atomic mass is 16.3. The number of hydrogen-bond acceptors (Lipinski definition) is 5. The lowest BCUT2D eigenvalue weighted by Gasteiger charge is -2.08. The Hall–Kier alpha value is -2.27. The fourth-order valence-electron chi connectivity index (χ4n) is 1.85. The predicted octanol–water partition coefficient (Wildman–Crippen LogP) is 2.06. The van der Waals surface area contributed by atoms with Gasteiger partial charge in [-0.25, -0.2) is 9.97 Å². The molecule has 0 atom stereocenters. The Morgan fingerprint density at radius 1 is 1.30 bits per heavy atom. The molecule has 2 N–H and O–H groups in total. The maximum Gasteiger partial charge on any atom is 0.161 e. The van der Waals surface area contributed by atoms with E-state index in [1.807, 2.05) is 25.1 Å². The minimum absolute atomic E-state index is 0.0122. The molecule has 5 nitrogen and oxygen atoms in total. The molecule has 0 aliphatic heterocycles. The summed E-state index contributed by atoms with van der Waals surface area (Å²) >= 11 is 0. The summed E-state index contributed by atoms with van der Waals surface area (Å²) in [7, 11) is 0. The molecular formula is C15H17N3O2. The van der Waals surface area contributed by atoms with E-state index in [-0.39, 0.29) is 12.4 Å². The molecule has 0 spiro atoms. The van der Waals surface area contributed by atoms with E-state index in [1.54, 1.807) is 12.1 Å². The van der Waals surface area contributed by atoms with E-state index in [2.05, 4.69) is 15.3 Å². The predicted molar refractivity (Wildman–Crippen MR) is 77.8 cm³/mol. The molecule has 1 aromatic carbocycles. The summed E-state index contributed by atoms with van der Waals surface area (Å²) in [5.41, 5.74) is 2.26. The minimum atomic E-state index is 0.0122. The van der Waals surface area contributed by atoms with E-state index in [0.717, 1.165) is 11.3 Å². The fourth-order valence-corrected chi connectivity index (χ4v) is 1.85. The number of aryl methyl sites for hydroxylation is 1. The highest BCUT2D eigenvalue weighted by molar-refractivity contribution is 5.95. The lowest BCUT2D eigenvalue weighted by atomic mass is 10.1. The van der Waals surface area contributed by atoms with Gasteiger partial charge in [0.1, 0.15) is 5.82 Å². The van der Waals surface area contributed by atoms with Gasteiger partial charge in [0, 0.05) is 29.4 Å². The van der Waals surface area contributed by atoms with Gasteiger partial charge in [-0.2, -0.15) is 0 Å². The molecule has 1 aromatic heterocycles. The van der Waals surface area contributed by atoms with Gasteiger partial charge in [0.05, 0.1) is 6.61 Å². The van der Waals surface area contributed by atoms with Crippen LogP contribution < -0.4 is 5.32 Å². The number of nitrogens with zero attached hydrogens (tertiary/aromatic N) is 2. The minimum Gasteiger partial charge on any atom is -0.395 e. The Kier molecular flexibility index (Phi) is 4.42. The van der Waals surface area contributed by atoms with Crippen molar-refractivity contribution < 1.29 is 9.90 Å². The third-order valence-electron chi connectivity index (χ3n) is 2.80. The molecule has 0 aliphatic rings. The molecule has 0 saturated heterocycles. The molecule has 20 heavy (non-hydrogen) atoms. The Labute approximate surface area is 117 Å². The van der Waals surface area contributed by atoms with Crippen molar-refractivity contribution in [2.75, 3.05) is 18.5 Å². The van der Waals surface area contributed by atoms with Crippen molar-refractivity contribution in [1.82, 2.24) is 9.97 Å². The van der Waals surface area contributed by atoms with Crippen LogP contribution in [0.4, 0.5) is 5.82 Å². The van der Waals surface area contributed by atoms with Crippen molar-refractivity contribution in [3.05, 3.63) is 41.6 Å². The van der Waals surface area contributed by atoms with Gasteiger partial charge in [-0.15, -0.1) is 0 Å². The van der Waals surface area contributed by atoms with Crippen molar-refractivity contribution in [1.29, 1.82) is 0 Å². The normalized spacial score (nSPS) is 10.3. The summed E-state index contributed by atoms with van der Waals surface area (Å²) in [4.78, 5) is 20.2. The molecule has 0 bridgehead atoms. The SMILES string of the molecule is CC(=O)c1cccc(-c2nc(C)cc(NCCO)n2)c1. The van der Waals surface area contributed by atoms with Gasteiger partial charge in [0.2, 0.25) is 0 Å². The van der Waals surface area contributed by atoms with Gasteiger partial charge in [-0.3, -0.25) is 4.79 Å². The first-order valence-corrected chi connectivity index (χ1v) is 6.42. The molecule has 2 aromatic rings. The van der Waals surface area contributed by atoms with Crippen LogP contribution in [0.3, 0.4) is 0 Å². The second kappa shape index (κ2) is 6.25. The zero-order valence-electron chi connectivity index (χ0n) is 11.6. The Bertz CT molecular complexity index is 626. The number of nitrogens with one attached hydrogen (secondary N) is 1. The maximum atomic E-state index is 11.4. The number of rotatable bonds is 5. The number of hydrogen-bond donors (Lipinski definition) is 2. The first-order valence-electron chi connectivity index (χ1n) is 6.42. The molecule has 104 valence electrons. The van der Waals surface area contributed by atoms with Crippen molar-refractivity contribution in [3.8, 4) is 11.4 Å². The number of carbonyl (C=O) groups is 1. The molecule has 0 amide bonds. The van der Waals surface area contributed by atoms with Gasteiger partial charge in [-0.1, -0.05) is 18.2 Å². The average molecular weight is 271 g/mol. The van der Waals surface area contributed by atoms with Crippen LogP contribution in [0.2, 0.25) is 0 Å². The van der Waals surface area contributed by atoms with Gasteiger partial charge in [0.15, 0.2) is 11.6 Å². The topological polar surface area (TPSA) is 75.1 Å². The molecule has 2 rings (SSSR count). The third kappa shape index (κ3) is 3.39. The number of ketones is 1. The Morgan fingerprint density at radius 3 is 2.80 bits per heavy atom. The first kappa shape index (κ1) is 14.1. The summed E-state index contributed by atoms with van der Waals surface area (Å²) in [6, 6.07) is 9.06. The molecule has 0 radical (unpaired) electrons. The number of benzene rings is 1. The summed E-state index contributed by atoms with van der Waals surface area (Å²) < 4.78 is 0. The molecular weight excluding hydrogens is 254 g/mol. The highest BCUT2D eigenvalue weighted by Gasteiger charge is 2.07. The molecule has 0 saturated carbocycles. The zero-order chi connectivity index (χ0) is 14.5. The van der Waals surface area contributed by atoms with Crippen molar-refractivity contribution in [3.63, 3.8) is 0 Å². The quantitative estimate of drug-likeness (QED) is 0.814. The van der Waals surface area contributed by atoms with E-state index in [0.29, 0.717) is 23.8 Å². The number of anilines is 1. The van der Waals surface area contributed by atoms with Crippen LogP contribution in [0.25, 0.3) is 11.4 Å². The van der Waals surface area contributed by atoms with E-state index in [9.17, 15) is 4.79 Å². The molecule has 0 fully saturated rings. The largest absolute Gasteiger partial charge is 0.395 e. The summed E-state index contributed by atoms with van der Waals surface area (Å²) in [6.45, 7) is 3.89. The van der Waals surface area contributed by atoms with Gasteiger partial charge >= 0.3 is 0 Å². The number of Topliss-reactive ketones (excluding diaryl/α,β-unsaturated/α-hetero) is 1. The maximum absolute atomic E-state index is 11.4. The van der Waals surface area contributed by atoms with E-state index in [4.69, 9.17) is 5.11 Å². The summed E-state index contributed by atoms with van der Waals surface area (Å²) in [5, 5.41) is 11.9. The molecule has 1 heterocycles. The number of carbonyl (C=O) groups excluding carboxylic acids is 1. The second-order valence-corrected chi connectivity index (χ2v) is 4.51. The van der Waals surface area contributed by atoms with Gasteiger partial charge < -0.3 is 10.4 Å². The monoisotopic (exact) mass is 271 g/mol. The van der Waals surface area contributed by atoms with Crippen molar-refractivity contribution in [2.24, 2.45) is 0 Å². The van der Waals surface area contributed by atoms with Crippen LogP contribution in [0.5, 0.6) is 0 Å². The smallest absolute Gasteiger partial charge is 0.161 e. The average Bonchev–Trinajstić information content (AvgIpc) is 2.44.